The van der Waals surface area contributed by atoms with Crippen molar-refractivity contribution >= 4 is 12.0 Å². The van der Waals surface area contributed by atoms with Crippen molar-refractivity contribution in [1.29, 1.82) is 0 Å². The van der Waals surface area contributed by atoms with Crippen LogP contribution in [0.2, 0.25) is 0 Å². The molecule has 1 fully saturated rings. The Hall–Kier alpha value is -1.38. The summed E-state index contributed by atoms with van der Waals surface area (Å²) in [6, 6.07) is -1.71. The zero-order chi connectivity index (χ0) is 13.4. The van der Waals surface area contributed by atoms with E-state index in [1.807, 2.05) is 0 Å². The fourth-order valence-corrected chi connectivity index (χ4v) is 1.46. The highest BCUT2D eigenvalue weighted by Crippen LogP contribution is 1.99. The van der Waals surface area contributed by atoms with Gasteiger partial charge in [-0.2, -0.15) is 0 Å². The van der Waals surface area contributed by atoms with Crippen LogP contribution in [0.1, 0.15) is 6.42 Å². The van der Waals surface area contributed by atoms with E-state index in [4.69, 9.17) is 19.7 Å². The van der Waals surface area contributed by atoms with Crippen molar-refractivity contribution in [3.8, 4) is 0 Å². The molecule has 8 nitrogen and oxygen atoms in total. The number of aliphatic carboxylic acids is 1. The molecule has 0 aliphatic carbocycles. The number of carbonyl (C=O) groups is 2. The molecule has 1 saturated heterocycles. The molecule has 8 heteroatoms. The van der Waals surface area contributed by atoms with E-state index in [9.17, 15) is 9.59 Å². The first-order valence-corrected chi connectivity index (χ1v) is 5.71. The molecule has 1 unspecified atom stereocenters. The van der Waals surface area contributed by atoms with E-state index in [2.05, 4.69) is 10.6 Å². The standard InChI is InChI=1S/C10H18N2O6/c13-2-1-8(9(14)15)12-10(16)11-5-7-6-17-3-4-18-7/h7-8,13H,1-6H2,(H,14,15)(H2,11,12,16)/t7?,8-/m0/s1. The van der Waals surface area contributed by atoms with E-state index in [1.54, 1.807) is 0 Å². The number of rotatable bonds is 6. The van der Waals surface area contributed by atoms with Gasteiger partial charge in [0.25, 0.3) is 0 Å². The van der Waals surface area contributed by atoms with Gasteiger partial charge in [-0.05, 0) is 0 Å². The van der Waals surface area contributed by atoms with E-state index in [0.717, 1.165) is 0 Å². The summed E-state index contributed by atoms with van der Waals surface area (Å²) in [5.74, 6) is -1.18. The molecule has 0 aromatic rings. The topological polar surface area (TPSA) is 117 Å². The van der Waals surface area contributed by atoms with Gasteiger partial charge in [-0.1, -0.05) is 0 Å². The molecule has 0 saturated carbocycles. The number of urea groups is 1. The van der Waals surface area contributed by atoms with Crippen LogP contribution in [-0.2, 0) is 14.3 Å². The second-order valence-electron chi connectivity index (χ2n) is 3.83. The van der Waals surface area contributed by atoms with Gasteiger partial charge in [0.2, 0.25) is 0 Å². The first-order valence-electron chi connectivity index (χ1n) is 5.71. The van der Waals surface area contributed by atoms with Crippen molar-refractivity contribution in [2.24, 2.45) is 0 Å². The average molecular weight is 262 g/mol. The van der Waals surface area contributed by atoms with Gasteiger partial charge < -0.3 is 30.3 Å². The van der Waals surface area contributed by atoms with Crippen molar-refractivity contribution in [2.75, 3.05) is 33.0 Å². The van der Waals surface area contributed by atoms with Crippen molar-refractivity contribution in [1.82, 2.24) is 10.6 Å². The Labute approximate surface area is 104 Å². The minimum absolute atomic E-state index is 0.0359. The molecule has 0 bridgehead atoms. The molecule has 0 spiro atoms. The fourth-order valence-electron chi connectivity index (χ4n) is 1.46. The maximum atomic E-state index is 11.4. The molecule has 2 amide bonds. The van der Waals surface area contributed by atoms with Crippen LogP contribution >= 0.6 is 0 Å². The third-order valence-electron chi connectivity index (χ3n) is 2.40. The molecular weight excluding hydrogens is 244 g/mol. The van der Waals surface area contributed by atoms with Crippen LogP contribution in [0, 0.1) is 0 Å². The molecule has 1 aliphatic rings. The van der Waals surface area contributed by atoms with Crippen LogP contribution in [0.3, 0.4) is 0 Å². The Morgan fingerprint density at radius 3 is 2.72 bits per heavy atom. The largest absolute Gasteiger partial charge is 0.480 e. The van der Waals surface area contributed by atoms with Gasteiger partial charge in [-0.3, -0.25) is 0 Å². The summed E-state index contributed by atoms with van der Waals surface area (Å²) < 4.78 is 10.5. The SMILES string of the molecule is O=C(NCC1COCCO1)N[C@@H](CCO)C(=O)O. The minimum atomic E-state index is -1.18. The van der Waals surface area contributed by atoms with Crippen molar-refractivity contribution in [3.63, 3.8) is 0 Å². The summed E-state index contributed by atoms with van der Waals surface area (Å²) in [5.41, 5.74) is 0. The molecule has 2 atom stereocenters. The Balaban J connectivity index is 2.24. The summed E-state index contributed by atoms with van der Waals surface area (Å²) in [5, 5.41) is 22.2. The Bertz CT molecular complexity index is 280. The first-order chi connectivity index (χ1) is 8.63. The number of hydrogen-bond acceptors (Lipinski definition) is 5. The maximum absolute atomic E-state index is 11.4. The summed E-state index contributed by atoms with van der Waals surface area (Å²) in [4.78, 5) is 22.1. The molecule has 1 aliphatic heterocycles. The molecule has 0 aromatic heterocycles. The smallest absolute Gasteiger partial charge is 0.326 e. The van der Waals surface area contributed by atoms with Crippen LogP contribution in [0.25, 0.3) is 0 Å². The van der Waals surface area contributed by atoms with E-state index in [1.165, 1.54) is 0 Å². The predicted molar refractivity (Wildman–Crippen MR) is 60.2 cm³/mol. The highest BCUT2D eigenvalue weighted by atomic mass is 16.6. The number of aliphatic hydroxyl groups is 1. The molecule has 4 N–H and O–H groups in total. The zero-order valence-corrected chi connectivity index (χ0v) is 9.92. The molecule has 0 aromatic carbocycles. The van der Waals surface area contributed by atoms with Gasteiger partial charge in [-0.25, -0.2) is 9.59 Å². The lowest BCUT2D eigenvalue weighted by Crippen LogP contribution is -2.49. The third kappa shape index (κ3) is 5.30. The van der Waals surface area contributed by atoms with Gasteiger partial charge in [0.15, 0.2) is 0 Å². The molecular formula is C10H18N2O6. The van der Waals surface area contributed by atoms with Crippen molar-refractivity contribution < 1.29 is 29.3 Å². The number of nitrogens with one attached hydrogen (secondary N) is 2. The highest BCUT2D eigenvalue weighted by Gasteiger charge is 2.20. The van der Waals surface area contributed by atoms with Gasteiger partial charge in [0.05, 0.1) is 25.9 Å². The highest BCUT2D eigenvalue weighted by molar-refractivity contribution is 5.82. The number of hydrogen-bond donors (Lipinski definition) is 4. The first kappa shape index (κ1) is 14.7. The lowest BCUT2D eigenvalue weighted by molar-refractivity contribution is -0.139. The molecule has 0 radical (unpaired) electrons. The Morgan fingerprint density at radius 1 is 1.39 bits per heavy atom. The van der Waals surface area contributed by atoms with E-state index in [0.29, 0.717) is 19.8 Å². The number of aliphatic hydroxyl groups excluding tert-OH is 1. The van der Waals surface area contributed by atoms with Crippen LogP contribution in [0.15, 0.2) is 0 Å². The normalized spacial score (nSPS) is 21.1. The molecule has 1 rings (SSSR count). The second-order valence-corrected chi connectivity index (χ2v) is 3.83. The number of carbonyl (C=O) groups excluding carboxylic acids is 1. The number of amides is 2. The fraction of sp³-hybridized carbons (Fsp3) is 0.800. The zero-order valence-electron chi connectivity index (χ0n) is 9.92. The van der Waals surface area contributed by atoms with Gasteiger partial charge >= 0.3 is 12.0 Å². The summed E-state index contributed by atoms with van der Waals surface area (Å²) in [7, 11) is 0. The van der Waals surface area contributed by atoms with Gasteiger partial charge in [0, 0.05) is 19.6 Å². The van der Waals surface area contributed by atoms with Crippen LogP contribution in [0.5, 0.6) is 0 Å². The number of ether oxygens (including phenoxy) is 2. The van der Waals surface area contributed by atoms with Crippen LogP contribution < -0.4 is 10.6 Å². The van der Waals surface area contributed by atoms with Gasteiger partial charge in [-0.15, -0.1) is 0 Å². The van der Waals surface area contributed by atoms with Crippen molar-refractivity contribution in [2.45, 2.75) is 18.6 Å². The Morgan fingerprint density at radius 2 is 2.17 bits per heavy atom. The lowest BCUT2D eigenvalue weighted by atomic mass is 10.2. The third-order valence-corrected chi connectivity index (χ3v) is 2.40. The summed E-state index contributed by atoms with van der Waals surface area (Å²) in [6.45, 7) is 1.36. The van der Waals surface area contributed by atoms with Crippen molar-refractivity contribution in [3.05, 3.63) is 0 Å². The molecule has 18 heavy (non-hydrogen) atoms. The second kappa shape index (κ2) is 7.85. The quantitative estimate of drug-likeness (QED) is 0.464. The minimum Gasteiger partial charge on any atom is -0.480 e. The molecule has 104 valence electrons. The van der Waals surface area contributed by atoms with E-state index < -0.39 is 18.0 Å². The monoisotopic (exact) mass is 262 g/mol. The van der Waals surface area contributed by atoms with E-state index >= 15 is 0 Å². The Kier molecular flexibility index (Phi) is 6.40. The maximum Gasteiger partial charge on any atom is 0.326 e. The number of carboxylic acids is 1. The predicted octanol–water partition coefficient (Wildman–Crippen LogP) is -1.46. The summed E-state index contributed by atoms with van der Waals surface area (Å²) in [6.07, 6.45) is -0.253. The lowest BCUT2D eigenvalue weighted by Gasteiger charge is -2.23. The van der Waals surface area contributed by atoms with E-state index in [-0.39, 0.29) is 25.7 Å². The average Bonchev–Trinajstić information content (AvgIpc) is 2.37. The summed E-state index contributed by atoms with van der Waals surface area (Å²) >= 11 is 0. The van der Waals surface area contributed by atoms with Crippen LogP contribution in [0.4, 0.5) is 4.79 Å². The van der Waals surface area contributed by atoms with Gasteiger partial charge in [0.1, 0.15) is 6.04 Å². The number of carboxylic acid groups (broad SMARTS) is 1. The van der Waals surface area contributed by atoms with Crippen LogP contribution in [-0.4, -0.2) is 67.3 Å². The molecule has 1 heterocycles.